The fraction of sp³-hybridized carbons (Fsp3) is 0.278. The zero-order valence-corrected chi connectivity index (χ0v) is 13.5. The Morgan fingerprint density at radius 3 is 2.80 bits per heavy atom. The highest BCUT2D eigenvalue weighted by Crippen LogP contribution is 2.27. The van der Waals surface area contributed by atoms with Gasteiger partial charge in [-0.1, -0.05) is 35.5 Å². The summed E-state index contributed by atoms with van der Waals surface area (Å²) in [5, 5.41) is 18.1. The lowest BCUT2D eigenvalue weighted by Crippen LogP contribution is -2.21. The summed E-state index contributed by atoms with van der Waals surface area (Å²) in [5.74, 6) is -1.28. The van der Waals surface area contributed by atoms with Gasteiger partial charge in [-0.2, -0.15) is 0 Å². The van der Waals surface area contributed by atoms with E-state index in [0.717, 1.165) is 37.0 Å². The van der Waals surface area contributed by atoms with Crippen LogP contribution in [0.4, 0.5) is 4.39 Å². The highest BCUT2D eigenvalue weighted by atomic mass is 19.1. The molecule has 0 aliphatic carbocycles. The highest BCUT2D eigenvalue weighted by Gasteiger charge is 2.26. The first kappa shape index (κ1) is 15.7. The van der Waals surface area contributed by atoms with Crippen LogP contribution in [0.15, 0.2) is 42.6 Å². The lowest BCUT2D eigenvalue weighted by Gasteiger charge is -2.17. The fourth-order valence-corrected chi connectivity index (χ4v) is 3.43. The van der Waals surface area contributed by atoms with Gasteiger partial charge in [0.1, 0.15) is 5.82 Å². The number of fused-ring (bicyclic) bond motifs is 1. The average molecular weight is 340 g/mol. The number of aromatic carboxylic acids is 1. The van der Waals surface area contributed by atoms with E-state index in [-0.39, 0.29) is 17.6 Å². The molecule has 0 radical (unpaired) electrons. The Morgan fingerprint density at radius 2 is 2.04 bits per heavy atom. The second-order valence-electron chi connectivity index (χ2n) is 6.32. The Morgan fingerprint density at radius 1 is 1.24 bits per heavy atom. The fourth-order valence-electron chi connectivity index (χ4n) is 3.43. The zero-order chi connectivity index (χ0) is 17.4. The van der Waals surface area contributed by atoms with Crippen molar-refractivity contribution in [1.82, 2.24) is 19.9 Å². The van der Waals surface area contributed by atoms with E-state index in [1.54, 1.807) is 10.7 Å². The van der Waals surface area contributed by atoms with Crippen LogP contribution in [0.5, 0.6) is 0 Å². The smallest absolute Gasteiger partial charge is 0.358 e. The van der Waals surface area contributed by atoms with Crippen molar-refractivity contribution in [3.63, 3.8) is 0 Å². The SMILES string of the molecule is O=C(O)c1cn(C2CCN(Cc3ccc(F)c4ccccc34)C2)nn1. The monoisotopic (exact) mass is 340 g/mol. The summed E-state index contributed by atoms with van der Waals surface area (Å²) in [5.41, 5.74) is 1.05. The number of benzene rings is 2. The molecule has 1 saturated heterocycles. The summed E-state index contributed by atoms with van der Waals surface area (Å²) in [7, 11) is 0. The molecular weight excluding hydrogens is 323 g/mol. The van der Waals surface area contributed by atoms with E-state index in [9.17, 15) is 9.18 Å². The van der Waals surface area contributed by atoms with Gasteiger partial charge in [-0.05, 0) is 23.4 Å². The molecule has 1 aliphatic heterocycles. The third kappa shape index (κ3) is 2.98. The molecule has 1 N–H and O–H groups in total. The quantitative estimate of drug-likeness (QED) is 0.791. The van der Waals surface area contributed by atoms with Gasteiger partial charge < -0.3 is 5.11 Å². The van der Waals surface area contributed by atoms with Crippen molar-refractivity contribution in [3.05, 3.63) is 59.7 Å². The normalized spacial score (nSPS) is 18.0. The van der Waals surface area contributed by atoms with Gasteiger partial charge in [-0.15, -0.1) is 5.10 Å². The number of rotatable bonds is 4. The molecule has 3 aromatic rings. The number of aromatic nitrogens is 3. The van der Waals surface area contributed by atoms with E-state index < -0.39 is 5.97 Å². The molecule has 25 heavy (non-hydrogen) atoms. The predicted molar refractivity (Wildman–Crippen MR) is 89.8 cm³/mol. The Labute approximate surface area is 143 Å². The Balaban J connectivity index is 1.51. The maximum absolute atomic E-state index is 14.0. The minimum atomic E-state index is -1.07. The lowest BCUT2D eigenvalue weighted by molar-refractivity contribution is 0.0690. The van der Waals surface area contributed by atoms with Crippen LogP contribution in [0.1, 0.15) is 28.5 Å². The molecule has 1 atom stereocenters. The third-order valence-corrected chi connectivity index (χ3v) is 4.71. The van der Waals surface area contributed by atoms with E-state index >= 15 is 0 Å². The number of likely N-dealkylation sites (tertiary alicyclic amines) is 1. The molecule has 128 valence electrons. The topological polar surface area (TPSA) is 71.2 Å². The molecule has 1 fully saturated rings. The van der Waals surface area contributed by atoms with Crippen LogP contribution in [0.2, 0.25) is 0 Å². The summed E-state index contributed by atoms with van der Waals surface area (Å²) >= 11 is 0. The Kier molecular flexibility index (Phi) is 3.93. The zero-order valence-electron chi connectivity index (χ0n) is 13.5. The van der Waals surface area contributed by atoms with Crippen LogP contribution < -0.4 is 0 Å². The molecule has 0 saturated carbocycles. The number of halogens is 1. The summed E-state index contributed by atoms with van der Waals surface area (Å²) in [6.45, 7) is 2.35. The van der Waals surface area contributed by atoms with Gasteiger partial charge >= 0.3 is 5.97 Å². The number of carbonyl (C=O) groups is 1. The molecule has 4 rings (SSSR count). The standard InChI is InChI=1S/C18H17FN4O2/c19-16-6-5-12(14-3-1-2-4-15(14)16)9-22-8-7-13(10-22)23-11-17(18(24)25)20-21-23/h1-6,11,13H,7-10H2,(H,24,25). The van der Waals surface area contributed by atoms with Crippen molar-refractivity contribution in [2.75, 3.05) is 13.1 Å². The average Bonchev–Trinajstić information content (AvgIpc) is 3.27. The van der Waals surface area contributed by atoms with Crippen LogP contribution in [0.3, 0.4) is 0 Å². The molecule has 6 nitrogen and oxygen atoms in total. The Hall–Kier alpha value is -2.80. The highest BCUT2D eigenvalue weighted by molar-refractivity contribution is 5.86. The second kappa shape index (κ2) is 6.25. The van der Waals surface area contributed by atoms with Crippen LogP contribution in [-0.4, -0.2) is 44.1 Å². The minimum Gasteiger partial charge on any atom is -0.476 e. The molecule has 0 amide bonds. The van der Waals surface area contributed by atoms with E-state index in [1.165, 1.54) is 12.3 Å². The van der Waals surface area contributed by atoms with Crippen molar-refractivity contribution in [2.24, 2.45) is 0 Å². The molecule has 2 aromatic carbocycles. The maximum Gasteiger partial charge on any atom is 0.358 e. The first-order valence-corrected chi connectivity index (χ1v) is 8.15. The van der Waals surface area contributed by atoms with Crippen LogP contribution in [0.25, 0.3) is 10.8 Å². The summed E-state index contributed by atoms with van der Waals surface area (Å²) in [6, 6.07) is 11.0. The van der Waals surface area contributed by atoms with E-state index in [1.807, 2.05) is 24.3 Å². The van der Waals surface area contributed by atoms with Crippen LogP contribution in [-0.2, 0) is 6.54 Å². The summed E-state index contributed by atoms with van der Waals surface area (Å²) < 4.78 is 15.6. The first-order valence-electron chi connectivity index (χ1n) is 8.15. The van der Waals surface area contributed by atoms with Gasteiger partial charge in [-0.25, -0.2) is 13.9 Å². The van der Waals surface area contributed by atoms with Gasteiger partial charge in [-0.3, -0.25) is 4.90 Å². The number of hydrogen-bond acceptors (Lipinski definition) is 4. The van der Waals surface area contributed by atoms with Gasteiger partial charge in [0.2, 0.25) is 0 Å². The summed E-state index contributed by atoms with van der Waals surface area (Å²) in [6.07, 6.45) is 2.35. The molecule has 7 heteroatoms. The lowest BCUT2D eigenvalue weighted by atomic mass is 10.0. The predicted octanol–water partition coefficient (Wildman–Crippen LogP) is 2.72. The number of carboxylic acids is 1. The molecular formula is C18H17FN4O2. The third-order valence-electron chi connectivity index (χ3n) is 4.71. The Bertz CT molecular complexity index is 940. The van der Waals surface area contributed by atoms with Crippen molar-refractivity contribution < 1.29 is 14.3 Å². The van der Waals surface area contributed by atoms with Crippen LogP contribution in [0, 0.1) is 5.82 Å². The molecule has 0 spiro atoms. The molecule has 1 aromatic heterocycles. The first-order chi connectivity index (χ1) is 12.1. The van der Waals surface area contributed by atoms with E-state index in [2.05, 4.69) is 15.2 Å². The second-order valence-corrected chi connectivity index (χ2v) is 6.32. The molecule has 1 unspecified atom stereocenters. The minimum absolute atomic E-state index is 0.0389. The molecule has 2 heterocycles. The van der Waals surface area contributed by atoms with Crippen molar-refractivity contribution in [2.45, 2.75) is 19.0 Å². The van der Waals surface area contributed by atoms with Gasteiger partial charge in [0, 0.05) is 25.0 Å². The van der Waals surface area contributed by atoms with Crippen molar-refractivity contribution >= 4 is 16.7 Å². The van der Waals surface area contributed by atoms with Crippen molar-refractivity contribution in [3.8, 4) is 0 Å². The van der Waals surface area contributed by atoms with Gasteiger partial charge in [0.05, 0.1) is 12.2 Å². The number of carboxylic acid groups (broad SMARTS) is 1. The molecule has 1 aliphatic rings. The van der Waals surface area contributed by atoms with Crippen molar-refractivity contribution in [1.29, 1.82) is 0 Å². The maximum atomic E-state index is 14.0. The number of nitrogens with zero attached hydrogens (tertiary/aromatic N) is 4. The molecule has 0 bridgehead atoms. The van der Waals surface area contributed by atoms with Gasteiger partial charge in [0.25, 0.3) is 0 Å². The van der Waals surface area contributed by atoms with Gasteiger partial charge in [0.15, 0.2) is 5.69 Å². The number of hydrogen-bond donors (Lipinski definition) is 1. The van der Waals surface area contributed by atoms with E-state index in [0.29, 0.717) is 5.39 Å². The largest absolute Gasteiger partial charge is 0.476 e. The summed E-state index contributed by atoms with van der Waals surface area (Å²) in [4.78, 5) is 13.2. The van der Waals surface area contributed by atoms with Crippen LogP contribution >= 0.6 is 0 Å². The van der Waals surface area contributed by atoms with E-state index in [4.69, 9.17) is 5.11 Å².